The molecular weight excluding hydrogens is 721 g/mol. The van der Waals surface area contributed by atoms with Crippen LogP contribution in [-0.2, 0) is 9.53 Å². The number of ether oxygens (including phenoxy) is 1. The van der Waals surface area contributed by atoms with Crippen molar-refractivity contribution in [2.45, 2.75) is 140 Å². The number of carbonyl (C=O) groups is 1. The molecule has 0 aromatic rings. The van der Waals surface area contributed by atoms with E-state index >= 15 is 0 Å². The topological polar surface area (TPSA) is 116 Å². The second-order valence-electron chi connectivity index (χ2n) is 17.0. The highest BCUT2D eigenvalue weighted by molar-refractivity contribution is 6.21. The van der Waals surface area contributed by atoms with E-state index in [1.807, 2.05) is 19.1 Å². The number of nitrogens with one attached hydrogen (secondary N) is 1. The van der Waals surface area contributed by atoms with Gasteiger partial charge in [-0.1, -0.05) is 56.1 Å². The highest BCUT2D eigenvalue weighted by Gasteiger charge is 2.42. The molecule has 0 saturated carbocycles. The summed E-state index contributed by atoms with van der Waals surface area (Å²) in [6.07, 6.45) is 20.0. The Balaban J connectivity index is 1.29. The molecule has 0 aromatic heterocycles. The van der Waals surface area contributed by atoms with Crippen LogP contribution in [0.2, 0.25) is 0 Å². The number of fused-ring (bicyclic) bond motifs is 5. The maximum atomic E-state index is 13.3. The van der Waals surface area contributed by atoms with Gasteiger partial charge in [0.1, 0.15) is 12.4 Å². The molecule has 1 saturated heterocycles. The molecule has 5 aliphatic heterocycles. The van der Waals surface area contributed by atoms with Crippen molar-refractivity contribution < 1.29 is 19.7 Å². The number of hydrogen-bond acceptors (Lipinski definition) is 8. The molecular formula is C50H64N4O4. The van der Waals surface area contributed by atoms with Crippen LogP contribution < -0.4 is 5.32 Å². The molecule has 8 heteroatoms. The number of esters is 1. The third-order valence-corrected chi connectivity index (χ3v) is 12.3. The summed E-state index contributed by atoms with van der Waals surface area (Å²) in [7, 11) is 0. The number of rotatable bonds is 15. The van der Waals surface area contributed by atoms with Gasteiger partial charge in [0, 0.05) is 52.8 Å². The van der Waals surface area contributed by atoms with Gasteiger partial charge in [-0.15, -0.1) is 0 Å². The van der Waals surface area contributed by atoms with Gasteiger partial charge < -0.3 is 20.3 Å². The lowest BCUT2D eigenvalue weighted by Gasteiger charge is -2.17. The second kappa shape index (κ2) is 18.4. The first-order chi connectivity index (χ1) is 27.7. The lowest BCUT2D eigenvalue weighted by atomic mass is 9.86. The summed E-state index contributed by atoms with van der Waals surface area (Å²) in [5.41, 5.74) is 17.6. The van der Waals surface area contributed by atoms with Crippen molar-refractivity contribution in [2.24, 2.45) is 26.8 Å². The Kier molecular flexibility index (Phi) is 13.6. The predicted octanol–water partition coefficient (Wildman–Crippen LogP) is 11.6. The van der Waals surface area contributed by atoms with Crippen LogP contribution in [0.4, 0.5) is 0 Å². The summed E-state index contributed by atoms with van der Waals surface area (Å²) in [5.74, 6) is 0.0789. The zero-order valence-corrected chi connectivity index (χ0v) is 36.5. The van der Waals surface area contributed by atoms with Crippen LogP contribution in [0.15, 0.2) is 141 Å². The molecule has 3 atom stereocenters. The van der Waals surface area contributed by atoms with Gasteiger partial charge in [-0.05, 0) is 140 Å². The minimum Gasteiger partial charge on any atom is -0.511 e. The molecule has 0 unspecified atom stereocenters. The Morgan fingerprint density at radius 3 is 2.29 bits per heavy atom. The first-order valence-corrected chi connectivity index (χ1v) is 21.5. The summed E-state index contributed by atoms with van der Waals surface area (Å²) in [5, 5.41) is 26.4. The van der Waals surface area contributed by atoms with Gasteiger partial charge in [-0.2, -0.15) is 0 Å². The molecule has 6 aliphatic rings. The first-order valence-electron chi connectivity index (χ1n) is 21.5. The zero-order chi connectivity index (χ0) is 41.8. The van der Waals surface area contributed by atoms with E-state index in [-0.39, 0.29) is 30.8 Å². The molecule has 8 bridgehead atoms. The molecule has 1 fully saturated rings. The molecule has 0 aromatic carbocycles. The van der Waals surface area contributed by atoms with Crippen LogP contribution in [0, 0.1) is 11.8 Å². The van der Waals surface area contributed by atoms with Crippen LogP contribution in [0.1, 0.15) is 133 Å². The number of allylic oxidation sites excluding steroid dienone is 16. The van der Waals surface area contributed by atoms with E-state index < -0.39 is 6.10 Å². The average molecular weight is 785 g/mol. The third kappa shape index (κ3) is 9.07. The monoisotopic (exact) mass is 784 g/mol. The van der Waals surface area contributed by atoms with Crippen LogP contribution in [0.5, 0.6) is 0 Å². The van der Waals surface area contributed by atoms with Crippen LogP contribution >= 0.6 is 0 Å². The molecule has 58 heavy (non-hydrogen) atoms. The lowest BCUT2D eigenvalue weighted by molar-refractivity contribution is -0.142. The van der Waals surface area contributed by atoms with E-state index in [4.69, 9.17) is 19.7 Å². The van der Waals surface area contributed by atoms with Crippen molar-refractivity contribution in [3.8, 4) is 0 Å². The Bertz CT molecular complexity index is 2190. The van der Waals surface area contributed by atoms with Crippen LogP contribution in [-0.4, -0.2) is 46.0 Å². The van der Waals surface area contributed by atoms with Gasteiger partial charge >= 0.3 is 5.97 Å². The fraction of sp³-hybridized carbons (Fsp3) is 0.480. The second-order valence-corrected chi connectivity index (χ2v) is 17.0. The largest absolute Gasteiger partial charge is 0.511 e. The van der Waals surface area contributed by atoms with Crippen molar-refractivity contribution in [3.05, 3.63) is 126 Å². The normalized spacial score (nSPS) is 22.3. The maximum absolute atomic E-state index is 13.3. The number of nitrogens with zero attached hydrogens (tertiary/aromatic N) is 3. The third-order valence-electron chi connectivity index (χ3n) is 12.3. The van der Waals surface area contributed by atoms with E-state index in [9.17, 15) is 15.0 Å². The molecule has 0 amide bonds. The zero-order valence-electron chi connectivity index (χ0n) is 36.5. The van der Waals surface area contributed by atoms with E-state index in [0.29, 0.717) is 25.0 Å². The smallest absolute Gasteiger partial charge is 0.306 e. The molecule has 3 N–H and O–H groups in total. The fourth-order valence-corrected chi connectivity index (χ4v) is 8.98. The summed E-state index contributed by atoms with van der Waals surface area (Å²) < 4.78 is 5.75. The lowest BCUT2D eigenvalue weighted by Crippen LogP contribution is -2.16. The molecule has 8 nitrogen and oxygen atoms in total. The van der Waals surface area contributed by atoms with Crippen LogP contribution in [0.25, 0.3) is 0 Å². The Labute approximate surface area is 346 Å². The number of aliphatic imine (C=N–C) groups is 3. The Morgan fingerprint density at radius 1 is 0.914 bits per heavy atom. The Morgan fingerprint density at radius 2 is 1.60 bits per heavy atom. The maximum Gasteiger partial charge on any atom is 0.306 e. The Hall–Kier alpha value is -4.82. The number of aliphatic hydroxyl groups is 2. The molecule has 6 rings (SSSR count). The molecule has 0 spiro atoms. The van der Waals surface area contributed by atoms with Crippen molar-refractivity contribution in [1.82, 2.24) is 5.32 Å². The van der Waals surface area contributed by atoms with Gasteiger partial charge in [0.25, 0.3) is 0 Å². The predicted molar refractivity (Wildman–Crippen MR) is 239 cm³/mol. The van der Waals surface area contributed by atoms with Crippen molar-refractivity contribution in [3.63, 3.8) is 0 Å². The van der Waals surface area contributed by atoms with Gasteiger partial charge in [-0.3, -0.25) is 4.79 Å². The van der Waals surface area contributed by atoms with Crippen molar-refractivity contribution >= 4 is 23.1 Å². The molecule has 1 aliphatic carbocycles. The van der Waals surface area contributed by atoms with Gasteiger partial charge in [0.15, 0.2) is 0 Å². The average Bonchev–Trinajstić information content (AvgIpc) is 3.93. The first kappa shape index (κ1) is 42.8. The number of hydrogen-bond donors (Lipinski definition) is 3. The van der Waals surface area contributed by atoms with E-state index in [2.05, 4.69) is 85.0 Å². The standard InChI is InChI=1S/C50H64N4O4/c1-11-15-36-31(7)39-26-44-47(34(10)55)33(9)41(52-44)25-40-32(8)37(20-21-46(57)58-23-22-30(6)19-14-18-29(5)17-13-16-28(3)4)49(53-40)38-24-45(56)48-35(12-2)42(54-50(38)48)27-43(36)51-39/h16,18,22,25-27,32,34,37,53,55-56H,11-15,17,19-21,23-24H2,1-10H3/b29-18-,30-22+,40-25?,43-27?,44-26?,49-38?/t32-,34+,37-/m0/s1. The molecule has 308 valence electrons. The fourth-order valence-electron chi connectivity index (χ4n) is 8.98. The quantitative estimate of drug-likeness (QED) is 0.113. The van der Waals surface area contributed by atoms with Gasteiger partial charge in [-0.25, -0.2) is 15.0 Å². The van der Waals surface area contributed by atoms with E-state index in [1.165, 1.54) is 22.3 Å². The van der Waals surface area contributed by atoms with E-state index in [0.717, 1.165) is 118 Å². The minimum absolute atomic E-state index is 0.0146. The summed E-state index contributed by atoms with van der Waals surface area (Å²) >= 11 is 0. The summed E-state index contributed by atoms with van der Waals surface area (Å²) in [6, 6.07) is 0. The van der Waals surface area contributed by atoms with Gasteiger partial charge in [0.05, 0.1) is 40.3 Å². The minimum atomic E-state index is -0.716. The highest BCUT2D eigenvalue weighted by atomic mass is 16.5. The van der Waals surface area contributed by atoms with Crippen molar-refractivity contribution in [1.29, 1.82) is 0 Å². The van der Waals surface area contributed by atoms with E-state index in [1.54, 1.807) is 6.92 Å². The van der Waals surface area contributed by atoms with Gasteiger partial charge in [0.2, 0.25) is 0 Å². The molecule has 5 heterocycles. The molecule has 0 radical (unpaired) electrons. The summed E-state index contributed by atoms with van der Waals surface area (Å²) in [4.78, 5) is 28.8. The number of carbonyl (C=O) groups excluding carboxylic acids is 1. The number of aliphatic hydroxyl groups excluding tert-OH is 2. The SMILES string of the molecule is CCCC1=C(C)C2=NC1=CC1=C(CC)C3=C(O)CC(=C4NC(=CC5=NC(=C2)C([C@@H](C)O)=C5C)[C@@H](C)[C@@H]4CCC(=O)OC/C=C(\C)CC/C=C(/C)CCC=C(C)C)C3=N1. The van der Waals surface area contributed by atoms with Crippen molar-refractivity contribution in [2.75, 3.05) is 6.61 Å². The summed E-state index contributed by atoms with van der Waals surface area (Å²) in [6.45, 7) is 21.2. The van der Waals surface area contributed by atoms with Crippen LogP contribution in [0.3, 0.4) is 0 Å². The highest BCUT2D eigenvalue weighted by Crippen LogP contribution is 2.47.